The van der Waals surface area contributed by atoms with E-state index in [-0.39, 0.29) is 19.4 Å². The van der Waals surface area contributed by atoms with Crippen LogP contribution in [0.1, 0.15) is 25.7 Å². The summed E-state index contributed by atoms with van der Waals surface area (Å²) in [7, 11) is 1.25. The molecule has 0 aliphatic heterocycles. The van der Waals surface area contributed by atoms with E-state index in [0.717, 1.165) is 6.42 Å². The highest BCUT2D eigenvalue weighted by molar-refractivity contribution is 5.80. The number of esters is 1. The summed E-state index contributed by atoms with van der Waals surface area (Å²) in [4.78, 5) is 21.9. The Morgan fingerprint density at radius 3 is 2.53 bits per heavy atom. The smallest absolute Gasteiger partial charge is 0.306 e. The number of nitrogens with two attached hydrogens (primary N) is 1. The van der Waals surface area contributed by atoms with Crippen LogP contribution in [-0.4, -0.2) is 42.3 Å². The molecule has 0 fully saturated rings. The van der Waals surface area contributed by atoms with E-state index in [1.807, 2.05) is 0 Å². The molecule has 6 heteroatoms. The van der Waals surface area contributed by atoms with Gasteiger partial charge in [-0.05, 0) is 19.4 Å². The minimum Gasteiger partial charge on any atom is -0.469 e. The first-order valence-electron chi connectivity index (χ1n) is 4.88. The summed E-state index contributed by atoms with van der Waals surface area (Å²) in [6.45, 7) is 0.779. The van der Waals surface area contributed by atoms with E-state index in [1.165, 1.54) is 7.11 Å². The summed E-state index contributed by atoms with van der Waals surface area (Å²) in [6.07, 6.45) is 1.35. The second kappa shape index (κ2) is 8.19. The molecule has 0 unspecified atom stereocenters. The van der Waals surface area contributed by atoms with E-state index < -0.39 is 11.9 Å². The molecule has 0 radical (unpaired) electrons. The number of hydrogen-bond acceptors (Lipinski definition) is 5. The van der Waals surface area contributed by atoms with Crippen molar-refractivity contribution in [3.8, 4) is 0 Å². The van der Waals surface area contributed by atoms with Gasteiger partial charge in [-0.2, -0.15) is 0 Å². The maximum absolute atomic E-state index is 11.2. The van der Waals surface area contributed by atoms with Crippen molar-refractivity contribution < 1.29 is 19.5 Å². The molecule has 0 aromatic rings. The van der Waals surface area contributed by atoms with Crippen LogP contribution in [0, 0.1) is 0 Å². The van der Waals surface area contributed by atoms with Crippen molar-refractivity contribution >= 4 is 11.9 Å². The number of ether oxygens (including phenoxy) is 1. The minimum atomic E-state index is -0.475. The highest BCUT2D eigenvalue weighted by atomic mass is 16.5. The van der Waals surface area contributed by atoms with Crippen LogP contribution >= 0.6 is 0 Å². The number of amides is 1. The SMILES string of the molecule is COC(=O)CCC(=O)N(O)CCCCN. The Labute approximate surface area is 88.9 Å². The van der Waals surface area contributed by atoms with Crippen LogP contribution in [0.5, 0.6) is 0 Å². The fraction of sp³-hybridized carbons (Fsp3) is 0.778. The van der Waals surface area contributed by atoms with Gasteiger partial charge in [0, 0.05) is 13.0 Å². The first-order valence-corrected chi connectivity index (χ1v) is 4.88. The predicted molar refractivity (Wildman–Crippen MR) is 53.0 cm³/mol. The van der Waals surface area contributed by atoms with Gasteiger partial charge in [0.25, 0.3) is 0 Å². The summed E-state index contributed by atoms with van der Waals surface area (Å²) in [5.41, 5.74) is 5.26. The summed E-state index contributed by atoms with van der Waals surface area (Å²) >= 11 is 0. The van der Waals surface area contributed by atoms with Crippen LogP contribution in [-0.2, 0) is 14.3 Å². The molecule has 0 atom stereocenters. The average molecular weight is 218 g/mol. The van der Waals surface area contributed by atoms with E-state index in [0.29, 0.717) is 18.0 Å². The standard InChI is InChI=1S/C9H18N2O4/c1-15-9(13)5-4-8(12)11(14)7-3-2-6-10/h14H,2-7,10H2,1H3. The minimum absolute atomic E-state index is 0.0106. The van der Waals surface area contributed by atoms with Gasteiger partial charge in [-0.1, -0.05) is 0 Å². The number of rotatable bonds is 7. The normalized spacial score (nSPS) is 9.80. The van der Waals surface area contributed by atoms with Crippen molar-refractivity contribution in [3.63, 3.8) is 0 Å². The highest BCUT2D eigenvalue weighted by Gasteiger charge is 2.12. The number of hydroxylamine groups is 2. The Bertz CT molecular complexity index is 208. The summed E-state index contributed by atoms with van der Waals surface area (Å²) in [6, 6.07) is 0. The maximum Gasteiger partial charge on any atom is 0.306 e. The fourth-order valence-electron chi connectivity index (χ4n) is 0.971. The molecule has 0 heterocycles. The summed E-state index contributed by atoms with van der Waals surface area (Å²) < 4.78 is 4.37. The third kappa shape index (κ3) is 6.87. The molecule has 6 nitrogen and oxygen atoms in total. The molecule has 1 amide bonds. The zero-order valence-electron chi connectivity index (χ0n) is 8.94. The van der Waals surface area contributed by atoms with Crippen LogP contribution < -0.4 is 5.73 Å². The van der Waals surface area contributed by atoms with Gasteiger partial charge in [-0.15, -0.1) is 0 Å². The van der Waals surface area contributed by atoms with Crippen LogP contribution in [0.25, 0.3) is 0 Å². The van der Waals surface area contributed by atoms with E-state index in [1.54, 1.807) is 0 Å². The fourth-order valence-corrected chi connectivity index (χ4v) is 0.971. The molecular weight excluding hydrogens is 200 g/mol. The molecule has 0 bridgehead atoms. The van der Waals surface area contributed by atoms with Crippen LogP contribution in [0.3, 0.4) is 0 Å². The van der Waals surface area contributed by atoms with E-state index in [2.05, 4.69) is 4.74 Å². The van der Waals surface area contributed by atoms with Crippen molar-refractivity contribution in [1.82, 2.24) is 5.06 Å². The first kappa shape index (κ1) is 13.9. The summed E-state index contributed by atoms with van der Waals surface area (Å²) in [5, 5.41) is 9.84. The van der Waals surface area contributed by atoms with Crippen LogP contribution in [0.4, 0.5) is 0 Å². The lowest BCUT2D eigenvalue weighted by Gasteiger charge is -2.13. The predicted octanol–water partition coefficient (Wildman–Crippen LogP) is -0.104. The van der Waals surface area contributed by atoms with Gasteiger partial charge in [-0.25, -0.2) is 5.06 Å². The Kier molecular flexibility index (Phi) is 7.57. The molecule has 0 rings (SSSR count). The molecule has 0 saturated heterocycles. The van der Waals surface area contributed by atoms with Crippen molar-refractivity contribution in [1.29, 1.82) is 0 Å². The van der Waals surface area contributed by atoms with E-state index in [4.69, 9.17) is 5.73 Å². The first-order chi connectivity index (χ1) is 7.11. The lowest BCUT2D eigenvalue weighted by Crippen LogP contribution is -2.29. The van der Waals surface area contributed by atoms with Gasteiger partial charge in [-0.3, -0.25) is 14.8 Å². The quantitative estimate of drug-likeness (QED) is 0.269. The Morgan fingerprint density at radius 2 is 2.00 bits per heavy atom. The third-order valence-corrected chi connectivity index (χ3v) is 1.88. The van der Waals surface area contributed by atoms with Gasteiger partial charge in [0.2, 0.25) is 5.91 Å². The van der Waals surface area contributed by atoms with Crippen LogP contribution in [0.15, 0.2) is 0 Å². The van der Waals surface area contributed by atoms with Gasteiger partial charge in [0.1, 0.15) is 0 Å². The number of carbonyl (C=O) groups is 2. The Balaban J connectivity index is 3.64. The second-order valence-corrected chi connectivity index (χ2v) is 3.09. The number of unbranched alkanes of at least 4 members (excludes halogenated alkanes) is 1. The molecule has 15 heavy (non-hydrogen) atoms. The Morgan fingerprint density at radius 1 is 1.33 bits per heavy atom. The van der Waals surface area contributed by atoms with Gasteiger partial charge < -0.3 is 10.5 Å². The molecule has 3 N–H and O–H groups in total. The van der Waals surface area contributed by atoms with Gasteiger partial charge in [0.05, 0.1) is 13.5 Å². The monoisotopic (exact) mass is 218 g/mol. The topological polar surface area (TPSA) is 92.9 Å². The van der Waals surface area contributed by atoms with Gasteiger partial charge >= 0.3 is 5.97 Å². The molecule has 88 valence electrons. The lowest BCUT2D eigenvalue weighted by molar-refractivity contribution is -0.167. The second-order valence-electron chi connectivity index (χ2n) is 3.09. The zero-order valence-corrected chi connectivity index (χ0v) is 8.94. The number of nitrogens with zero attached hydrogens (tertiary/aromatic N) is 1. The number of hydrogen-bond donors (Lipinski definition) is 2. The van der Waals surface area contributed by atoms with Crippen molar-refractivity contribution in [2.45, 2.75) is 25.7 Å². The van der Waals surface area contributed by atoms with Crippen LogP contribution in [0.2, 0.25) is 0 Å². The molecule has 0 aliphatic rings. The van der Waals surface area contributed by atoms with Crippen molar-refractivity contribution in [2.24, 2.45) is 5.73 Å². The maximum atomic E-state index is 11.2. The molecule has 0 aromatic heterocycles. The van der Waals surface area contributed by atoms with Gasteiger partial charge in [0.15, 0.2) is 0 Å². The van der Waals surface area contributed by atoms with Crippen molar-refractivity contribution in [2.75, 3.05) is 20.2 Å². The largest absolute Gasteiger partial charge is 0.469 e. The molecular formula is C9H18N2O4. The zero-order chi connectivity index (χ0) is 11.7. The third-order valence-electron chi connectivity index (χ3n) is 1.88. The van der Waals surface area contributed by atoms with E-state index >= 15 is 0 Å². The molecule has 0 aromatic carbocycles. The average Bonchev–Trinajstić information content (AvgIpc) is 2.25. The number of carbonyl (C=O) groups excluding carboxylic acids is 2. The molecule has 0 saturated carbocycles. The number of methoxy groups -OCH3 is 1. The molecule has 0 aliphatic carbocycles. The highest BCUT2D eigenvalue weighted by Crippen LogP contribution is 1.99. The van der Waals surface area contributed by atoms with Crippen molar-refractivity contribution in [3.05, 3.63) is 0 Å². The lowest BCUT2D eigenvalue weighted by atomic mass is 10.2. The molecule has 0 spiro atoms. The Hall–Kier alpha value is -1.14. The summed E-state index contributed by atoms with van der Waals surface area (Å²) in [5.74, 6) is -0.934. The van der Waals surface area contributed by atoms with E-state index in [9.17, 15) is 14.8 Å².